The molecular formula is C26H20N6O2. The van der Waals surface area contributed by atoms with Crippen LogP contribution in [0.25, 0.3) is 11.4 Å². The molecule has 0 aliphatic heterocycles. The first kappa shape index (κ1) is 20.9. The molecule has 0 radical (unpaired) electrons. The average molecular weight is 448 g/mol. The van der Waals surface area contributed by atoms with E-state index in [0.717, 1.165) is 11.4 Å². The Hall–Kier alpha value is -4.98. The van der Waals surface area contributed by atoms with E-state index in [0.29, 0.717) is 22.5 Å². The van der Waals surface area contributed by atoms with Crippen LogP contribution in [0.5, 0.6) is 0 Å². The predicted octanol–water partition coefficient (Wildman–Crippen LogP) is 4.56. The summed E-state index contributed by atoms with van der Waals surface area (Å²) in [5.41, 5.74) is 4.16. The summed E-state index contributed by atoms with van der Waals surface area (Å²) in [5.74, 6) is -0.505. The van der Waals surface area contributed by atoms with Crippen LogP contribution in [0.4, 0.5) is 11.4 Å². The van der Waals surface area contributed by atoms with E-state index in [1.54, 1.807) is 49.3 Å². The lowest BCUT2D eigenvalue weighted by molar-refractivity contribution is 0.101. The highest BCUT2D eigenvalue weighted by Gasteiger charge is 2.10. The predicted molar refractivity (Wildman–Crippen MR) is 129 cm³/mol. The quantitative estimate of drug-likeness (QED) is 0.398. The second-order valence-corrected chi connectivity index (χ2v) is 7.52. The van der Waals surface area contributed by atoms with Crippen molar-refractivity contribution in [3.63, 3.8) is 0 Å². The van der Waals surface area contributed by atoms with Gasteiger partial charge in [0.1, 0.15) is 0 Å². The summed E-state index contributed by atoms with van der Waals surface area (Å²) in [7, 11) is 0. The topological polar surface area (TPSA) is 93.8 Å². The maximum Gasteiger partial charge on any atom is 0.255 e. The fraction of sp³-hybridized carbons (Fsp3) is 0. The van der Waals surface area contributed by atoms with Crippen molar-refractivity contribution in [2.45, 2.75) is 0 Å². The molecule has 2 heterocycles. The van der Waals surface area contributed by atoms with Crippen molar-refractivity contribution < 1.29 is 9.59 Å². The monoisotopic (exact) mass is 448 g/mol. The Balaban J connectivity index is 1.20. The first-order chi connectivity index (χ1) is 16.7. The molecule has 0 saturated heterocycles. The number of benzene rings is 3. The van der Waals surface area contributed by atoms with Gasteiger partial charge in [0.2, 0.25) is 0 Å². The Morgan fingerprint density at radius 1 is 0.559 bits per heavy atom. The highest BCUT2D eigenvalue weighted by Crippen LogP contribution is 2.16. The number of aromatic nitrogens is 4. The van der Waals surface area contributed by atoms with Gasteiger partial charge < -0.3 is 19.8 Å². The number of anilines is 2. The molecule has 2 N–H and O–H groups in total. The van der Waals surface area contributed by atoms with Crippen molar-refractivity contribution in [1.82, 2.24) is 19.1 Å². The molecule has 0 aliphatic carbocycles. The van der Waals surface area contributed by atoms with Crippen LogP contribution < -0.4 is 10.6 Å². The van der Waals surface area contributed by atoms with Gasteiger partial charge in [0.05, 0.1) is 12.7 Å². The van der Waals surface area contributed by atoms with Gasteiger partial charge in [-0.2, -0.15) is 0 Å². The van der Waals surface area contributed by atoms with Gasteiger partial charge in [-0.25, -0.2) is 9.97 Å². The van der Waals surface area contributed by atoms with Crippen molar-refractivity contribution in [2.24, 2.45) is 0 Å². The first-order valence-electron chi connectivity index (χ1n) is 10.6. The van der Waals surface area contributed by atoms with Crippen LogP contribution in [-0.2, 0) is 0 Å². The van der Waals surface area contributed by atoms with E-state index in [1.807, 2.05) is 70.1 Å². The Morgan fingerprint density at radius 2 is 0.941 bits per heavy atom. The Morgan fingerprint density at radius 3 is 1.26 bits per heavy atom. The van der Waals surface area contributed by atoms with Crippen LogP contribution in [-0.4, -0.2) is 30.9 Å². The molecule has 5 rings (SSSR count). The molecule has 0 spiro atoms. The van der Waals surface area contributed by atoms with Gasteiger partial charge in [-0.15, -0.1) is 0 Å². The zero-order chi connectivity index (χ0) is 23.3. The second-order valence-electron chi connectivity index (χ2n) is 7.52. The van der Waals surface area contributed by atoms with Crippen molar-refractivity contribution in [3.8, 4) is 11.4 Å². The second kappa shape index (κ2) is 9.25. The van der Waals surface area contributed by atoms with Crippen LogP contribution in [0, 0.1) is 0 Å². The summed E-state index contributed by atoms with van der Waals surface area (Å²) < 4.78 is 3.76. The lowest BCUT2D eigenvalue weighted by atomic mass is 10.1. The molecule has 34 heavy (non-hydrogen) atoms. The summed E-state index contributed by atoms with van der Waals surface area (Å²) in [6.07, 6.45) is 10.5. The normalized spacial score (nSPS) is 10.6. The van der Waals surface area contributed by atoms with Crippen molar-refractivity contribution in [2.75, 3.05) is 10.6 Å². The number of rotatable bonds is 6. The van der Waals surface area contributed by atoms with Crippen LogP contribution >= 0.6 is 0 Å². The van der Waals surface area contributed by atoms with E-state index >= 15 is 0 Å². The summed E-state index contributed by atoms with van der Waals surface area (Å²) >= 11 is 0. The molecule has 3 aromatic carbocycles. The van der Waals surface area contributed by atoms with Gasteiger partial charge in [0, 0.05) is 58.7 Å². The van der Waals surface area contributed by atoms with Gasteiger partial charge in [-0.3, -0.25) is 9.59 Å². The molecule has 5 aromatic rings. The van der Waals surface area contributed by atoms with E-state index in [2.05, 4.69) is 20.6 Å². The summed E-state index contributed by atoms with van der Waals surface area (Å²) in [4.78, 5) is 33.2. The zero-order valence-electron chi connectivity index (χ0n) is 18.0. The fourth-order valence-corrected chi connectivity index (χ4v) is 3.44. The van der Waals surface area contributed by atoms with Gasteiger partial charge in [-0.1, -0.05) is 0 Å². The minimum absolute atomic E-state index is 0.252. The first-order valence-corrected chi connectivity index (χ1v) is 10.6. The van der Waals surface area contributed by atoms with Gasteiger partial charge in [0.25, 0.3) is 11.8 Å². The largest absolute Gasteiger partial charge is 0.322 e. The highest BCUT2D eigenvalue weighted by molar-refractivity contribution is 6.07. The lowest BCUT2D eigenvalue weighted by Gasteiger charge is -2.09. The molecule has 166 valence electrons. The van der Waals surface area contributed by atoms with E-state index in [9.17, 15) is 9.59 Å². The van der Waals surface area contributed by atoms with Gasteiger partial charge in [-0.05, 0) is 72.8 Å². The van der Waals surface area contributed by atoms with Crippen LogP contribution in [0.1, 0.15) is 20.7 Å². The third kappa shape index (κ3) is 4.61. The van der Waals surface area contributed by atoms with Crippen LogP contribution in [0.2, 0.25) is 0 Å². The van der Waals surface area contributed by atoms with Crippen LogP contribution in [0.15, 0.2) is 110 Å². The van der Waals surface area contributed by atoms with Crippen molar-refractivity contribution in [3.05, 3.63) is 121 Å². The molecule has 2 aromatic heterocycles. The number of hydrogen-bond acceptors (Lipinski definition) is 4. The Kier molecular flexibility index (Phi) is 5.69. The number of hydrogen-bond donors (Lipinski definition) is 2. The van der Waals surface area contributed by atoms with E-state index in [-0.39, 0.29) is 11.8 Å². The maximum atomic E-state index is 12.6. The molecule has 0 aliphatic rings. The molecular weight excluding hydrogens is 428 g/mol. The SMILES string of the molecule is O=C(Nc1ccc(-n2ccnc2)cc1)c1ccc(C(=O)Nc2ccc(-n3ccnc3)cc2)cc1. The maximum absolute atomic E-state index is 12.6. The van der Waals surface area contributed by atoms with Gasteiger partial charge in [0.15, 0.2) is 0 Å². The minimum atomic E-state index is -0.252. The minimum Gasteiger partial charge on any atom is -0.322 e. The summed E-state index contributed by atoms with van der Waals surface area (Å²) in [6, 6.07) is 21.4. The van der Waals surface area contributed by atoms with Crippen LogP contribution in [0.3, 0.4) is 0 Å². The number of amides is 2. The lowest BCUT2D eigenvalue weighted by Crippen LogP contribution is -2.14. The summed E-state index contributed by atoms with van der Waals surface area (Å²) in [5, 5.41) is 5.73. The standard InChI is InChI=1S/C26H20N6O2/c33-25(29-21-5-9-23(10-6-21)31-15-13-27-17-31)19-1-2-20(4-3-19)26(34)30-22-7-11-24(12-8-22)32-16-14-28-18-32/h1-18H,(H,29,33)(H,30,34). The molecule has 0 saturated carbocycles. The molecule has 0 fully saturated rings. The third-order valence-electron chi connectivity index (χ3n) is 5.26. The molecule has 2 amide bonds. The third-order valence-corrected chi connectivity index (χ3v) is 5.26. The van der Waals surface area contributed by atoms with E-state index < -0.39 is 0 Å². The highest BCUT2D eigenvalue weighted by atomic mass is 16.2. The summed E-state index contributed by atoms with van der Waals surface area (Å²) in [6.45, 7) is 0. The molecule has 0 atom stereocenters. The fourth-order valence-electron chi connectivity index (χ4n) is 3.44. The number of carbonyl (C=O) groups is 2. The van der Waals surface area contributed by atoms with E-state index in [1.165, 1.54) is 0 Å². The molecule has 0 unspecified atom stereocenters. The van der Waals surface area contributed by atoms with E-state index in [4.69, 9.17) is 0 Å². The Bertz CT molecular complexity index is 1280. The van der Waals surface area contributed by atoms with Crippen molar-refractivity contribution in [1.29, 1.82) is 0 Å². The van der Waals surface area contributed by atoms with Gasteiger partial charge >= 0.3 is 0 Å². The smallest absolute Gasteiger partial charge is 0.255 e. The zero-order valence-corrected chi connectivity index (χ0v) is 18.0. The number of nitrogens with zero attached hydrogens (tertiary/aromatic N) is 4. The molecule has 0 bridgehead atoms. The van der Waals surface area contributed by atoms with Crippen molar-refractivity contribution >= 4 is 23.2 Å². The number of imidazole rings is 2. The number of nitrogens with one attached hydrogen (secondary N) is 2. The average Bonchev–Trinajstić information content (AvgIpc) is 3.60. The number of carbonyl (C=O) groups excluding carboxylic acids is 2. The molecule has 8 heteroatoms. The molecule has 8 nitrogen and oxygen atoms in total. The Labute approximate surface area is 195 Å².